The van der Waals surface area contributed by atoms with E-state index < -0.39 is 5.82 Å². The van der Waals surface area contributed by atoms with Crippen molar-refractivity contribution in [1.29, 1.82) is 5.26 Å². The lowest BCUT2D eigenvalue weighted by Gasteiger charge is -2.42. The molecule has 46 heavy (non-hydrogen) atoms. The summed E-state index contributed by atoms with van der Waals surface area (Å²) in [6.45, 7) is 10.3. The Bertz CT molecular complexity index is 1700. The third kappa shape index (κ3) is 5.98. The van der Waals surface area contributed by atoms with Gasteiger partial charge >= 0.3 is 6.01 Å². The number of hydrogen-bond acceptors (Lipinski definition) is 8. The molecule has 2 saturated heterocycles. The lowest BCUT2D eigenvalue weighted by atomic mass is 10.0. The van der Waals surface area contributed by atoms with Gasteiger partial charge in [0.1, 0.15) is 11.6 Å². The number of benzene rings is 2. The molecule has 0 bridgehead atoms. The van der Waals surface area contributed by atoms with Crippen LogP contribution in [0.2, 0.25) is 5.02 Å². The molecule has 11 heteroatoms. The van der Waals surface area contributed by atoms with Crippen molar-refractivity contribution in [3.05, 3.63) is 65.1 Å². The fourth-order valence-corrected chi connectivity index (χ4v) is 7.64. The number of amides is 1. The van der Waals surface area contributed by atoms with Gasteiger partial charge in [0.05, 0.1) is 42.4 Å². The molecule has 0 spiro atoms. The minimum absolute atomic E-state index is 0.120. The summed E-state index contributed by atoms with van der Waals surface area (Å²) < 4.78 is 21.0. The average molecular weight is 644 g/mol. The maximum atomic E-state index is 14.6. The molecule has 3 aromatic rings. The Hall–Kier alpha value is -3.94. The molecule has 1 saturated carbocycles. The maximum Gasteiger partial charge on any atom is 0.318 e. The first-order valence-corrected chi connectivity index (χ1v) is 16.7. The molecular weight excluding hydrogens is 605 g/mol. The van der Waals surface area contributed by atoms with Crippen molar-refractivity contribution in [3.8, 4) is 12.1 Å². The van der Waals surface area contributed by atoms with Crippen LogP contribution < -0.4 is 14.5 Å². The SMILES string of the molecule is C=CC(=O)N1CCN(c2nc(OCC3(CN4CCCC4)CC3)nc3c2CCN(c2cccc4ccc(F)c(Cl)c24)C3)C[C@@H]1CC#N. The van der Waals surface area contributed by atoms with Crippen LogP contribution in [0.15, 0.2) is 43.0 Å². The Morgan fingerprint density at radius 2 is 1.96 bits per heavy atom. The highest BCUT2D eigenvalue weighted by atomic mass is 35.5. The third-order valence-corrected chi connectivity index (χ3v) is 10.4. The number of carbonyl (C=O) groups excluding carboxylic acids is 1. The quantitative estimate of drug-likeness (QED) is 0.288. The number of carbonyl (C=O) groups is 1. The molecule has 4 aliphatic rings. The molecular formula is C35H39ClFN7O2. The van der Waals surface area contributed by atoms with Gasteiger partial charge in [-0.3, -0.25) is 4.79 Å². The molecule has 4 heterocycles. The summed E-state index contributed by atoms with van der Waals surface area (Å²) in [7, 11) is 0. The highest BCUT2D eigenvalue weighted by Gasteiger charge is 2.45. The topological polar surface area (TPSA) is 88.8 Å². The number of rotatable bonds is 9. The van der Waals surface area contributed by atoms with E-state index in [1.165, 1.54) is 25.0 Å². The molecule has 1 atom stereocenters. The maximum absolute atomic E-state index is 14.6. The molecule has 0 radical (unpaired) electrons. The fourth-order valence-electron chi connectivity index (χ4n) is 7.37. The molecule has 0 unspecified atom stereocenters. The number of nitrogens with zero attached hydrogens (tertiary/aromatic N) is 7. The average Bonchev–Trinajstić information content (AvgIpc) is 3.65. The lowest BCUT2D eigenvalue weighted by molar-refractivity contribution is -0.128. The van der Waals surface area contributed by atoms with E-state index in [0.29, 0.717) is 57.1 Å². The van der Waals surface area contributed by atoms with Gasteiger partial charge in [0.2, 0.25) is 5.91 Å². The lowest BCUT2D eigenvalue weighted by Crippen LogP contribution is -2.55. The minimum atomic E-state index is -0.441. The van der Waals surface area contributed by atoms with E-state index in [4.69, 9.17) is 26.3 Å². The second kappa shape index (κ2) is 12.7. The van der Waals surface area contributed by atoms with E-state index in [2.05, 4.69) is 27.3 Å². The van der Waals surface area contributed by atoms with Gasteiger partial charge in [-0.15, -0.1) is 0 Å². The normalized spacial score (nSPS) is 20.8. The molecule has 9 nitrogen and oxygen atoms in total. The number of piperazine rings is 1. The van der Waals surface area contributed by atoms with Crippen LogP contribution in [-0.4, -0.2) is 84.1 Å². The molecule has 1 amide bonds. The number of fused-ring (bicyclic) bond motifs is 2. The Morgan fingerprint density at radius 3 is 2.72 bits per heavy atom. The number of aromatic nitrogens is 2. The Labute approximate surface area is 274 Å². The van der Waals surface area contributed by atoms with Crippen molar-refractivity contribution in [1.82, 2.24) is 19.8 Å². The van der Waals surface area contributed by atoms with Crippen LogP contribution in [0.25, 0.3) is 10.8 Å². The number of ether oxygens (including phenoxy) is 1. The van der Waals surface area contributed by atoms with Crippen molar-refractivity contribution in [2.24, 2.45) is 5.41 Å². The van der Waals surface area contributed by atoms with Gasteiger partial charge in [-0.25, -0.2) is 4.39 Å². The first-order valence-electron chi connectivity index (χ1n) is 16.3. The van der Waals surface area contributed by atoms with E-state index in [0.717, 1.165) is 60.6 Å². The van der Waals surface area contributed by atoms with Crippen LogP contribution in [0, 0.1) is 22.6 Å². The van der Waals surface area contributed by atoms with Crippen molar-refractivity contribution in [2.45, 2.75) is 51.1 Å². The number of anilines is 2. The molecule has 0 N–H and O–H groups in total. The number of hydrogen-bond donors (Lipinski definition) is 0. The Balaban J connectivity index is 1.21. The molecule has 1 aliphatic carbocycles. The monoisotopic (exact) mass is 643 g/mol. The second-order valence-electron chi connectivity index (χ2n) is 13.1. The Morgan fingerprint density at radius 1 is 1.13 bits per heavy atom. The summed E-state index contributed by atoms with van der Waals surface area (Å²) in [6.07, 6.45) is 7.01. The molecule has 7 rings (SSSR count). The van der Waals surface area contributed by atoms with E-state index in [9.17, 15) is 14.4 Å². The van der Waals surface area contributed by atoms with E-state index in [-0.39, 0.29) is 28.8 Å². The van der Waals surface area contributed by atoms with Crippen LogP contribution in [0.1, 0.15) is 43.4 Å². The molecule has 1 aromatic heterocycles. The van der Waals surface area contributed by atoms with Crippen molar-refractivity contribution in [3.63, 3.8) is 0 Å². The largest absolute Gasteiger partial charge is 0.463 e. The summed E-state index contributed by atoms with van der Waals surface area (Å²) in [6, 6.07) is 11.4. The Kier molecular flexibility index (Phi) is 8.47. The number of nitriles is 1. The van der Waals surface area contributed by atoms with Gasteiger partial charge < -0.3 is 24.3 Å². The summed E-state index contributed by atoms with van der Waals surface area (Å²) >= 11 is 6.52. The zero-order valence-corrected chi connectivity index (χ0v) is 26.8. The number of halogens is 2. The third-order valence-electron chi connectivity index (χ3n) is 10.1. The zero-order valence-electron chi connectivity index (χ0n) is 26.1. The minimum Gasteiger partial charge on any atom is -0.463 e. The first-order chi connectivity index (χ1) is 22.4. The van der Waals surface area contributed by atoms with Crippen molar-refractivity contribution >= 4 is 39.8 Å². The van der Waals surface area contributed by atoms with E-state index >= 15 is 0 Å². The summed E-state index contributed by atoms with van der Waals surface area (Å²) in [5, 5.41) is 11.3. The predicted octanol–water partition coefficient (Wildman–Crippen LogP) is 5.36. The smallest absolute Gasteiger partial charge is 0.318 e. The predicted molar refractivity (Wildman–Crippen MR) is 177 cm³/mol. The van der Waals surface area contributed by atoms with Crippen LogP contribution in [0.3, 0.4) is 0 Å². The second-order valence-corrected chi connectivity index (χ2v) is 13.5. The summed E-state index contributed by atoms with van der Waals surface area (Å²) in [4.78, 5) is 31.3. The molecule has 3 aliphatic heterocycles. The zero-order chi connectivity index (χ0) is 31.8. The van der Waals surface area contributed by atoms with Gasteiger partial charge in [-0.1, -0.05) is 36.4 Å². The van der Waals surface area contributed by atoms with Crippen LogP contribution >= 0.6 is 11.6 Å². The fraction of sp³-hybridized carbons (Fsp3) is 0.486. The molecule has 2 aromatic carbocycles. The van der Waals surface area contributed by atoms with Gasteiger partial charge in [0.15, 0.2) is 0 Å². The summed E-state index contributed by atoms with van der Waals surface area (Å²) in [5.74, 6) is 0.199. The van der Waals surface area contributed by atoms with E-state index in [1.54, 1.807) is 11.0 Å². The molecule has 240 valence electrons. The summed E-state index contributed by atoms with van der Waals surface area (Å²) in [5.41, 5.74) is 2.91. The first kappa shape index (κ1) is 30.7. The van der Waals surface area contributed by atoms with Gasteiger partial charge in [0.25, 0.3) is 0 Å². The van der Waals surface area contributed by atoms with Crippen molar-refractivity contribution in [2.75, 3.05) is 62.2 Å². The highest BCUT2D eigenvalue weighted by Crippen LogP contribution is 2.47. The van der Waals surface area contributed by atoms with Crippen LogP contribution in [0.5, 0.6) is 6.01 Å². The number of likely N-dealkylation sites (tertiary alicyclic amines) is 1. The van der Waals surface area contributed by atoms with Crippen LogP contribution in [0.4, 0.5) is 15.9 Å². The van der Waals surface area contributed by atoms with Gasteiger partial charge in [-0.05, 0) is 68.8 Å². The highest BCUT2D eigenvalue weighted by molar-refractivity contribution is 6.36. The van der Waals surface area contributed by atoms with E-state index in [1.807, 2.05) is 18.2 Å². The van der Waals surface area contributed by atoms with Crippen LogP contribution in [-0.2, 0) is 17.8 Å². The standard InChI is InChI=1S/C35H39ClFN7O2/c1-2-30(45)44-19-18-43(20-25(44)10-14-38)33-26-11-17-42(29-7-5-6-24-8-9-27(37)32(36)31(24)29)21-28(26)39-34(40-33)46-23-35(12-13-35)22-41-15-3-4-16-41/h2,5-9,25H,1,3-4,10-13,15-23H2/t25-/m0/s1. The van der Waals surface area contributed by atoms with Gasteiger partial charge in [-0.2, -0.15) is 15.2 Å². The van der Waals surface area contributed by atoms with Gasteiger partial charge in [0, 0.05) is 54.8 Å². The molecule has 3 fully saturated rings. The van der Waals surface area contributed by atoms with Crippen molar-refractivity contribution < 1.29 is 13.9 Å².